The first kappa shape index (κ1) is 14.0. The van der Waals surface area contributed by atoms with Gasteiger partial charge in [-0.2, -0.15) is 0 Å². The molecule has 0 aromatic heterocycles. The van der Waals surface area contributed by atoms with Gasteiger partial charge in [-0.25, -0.2) is 9.18 Å². The molecule has 19 heavy (non-hydrogen) atoms. The van der Waals surface area contributed by atoms with E-state index in [9.17, 15) is 9.18 Å². The van der Waals surface area contributed by atoms with Gasteiger partial charge in [-0.05, 0) is 49.9 Å². The Morgan fingerprint density at radius 1 is 1.47 bits per heavy atom. The van der Waals surface area contributed by atoms with Gasteiger partial charge in [0.25, 0.3) is 0 Å². The highest BCUT2D eigenvalue weighted by molar-refractivity contribution is 5.89. The second-order valence-electron chi connectivity index (χ2n) is 5.56. The van der Waals surface area contributed by atoms with Gasteiger partial charge < -0.3 is 5.11 Å². The standard InChI is InChI=1S/C15H20FNO2/c1-10-5-6-17(11(2)7-10)9-12-3-4-13(16)8-14(12)15(18)19/h3-4,8,10-11H,5-7,9H2,1-2H3,(H,18,19)/t10-,11-/m1/s1. The zero-order chi connectivity index (χ0) is 14.0. The van der Waals surface area contributed by atoms with E-state index < -0.39 is 11.8 Å². The average molecular weight is 265 g/mol. The van der Waals surface area contributed by atoms with Crippen molar-refractivity contribution in [3.8, 4) is 0 Å². The van der Waals surface area contributed by atoms with E-state index in [1.807, 2.05) is 0 Å². The molecule has 1 aliphatic rings. The van der Waals surface area contributed by atoms with Crippen LogP contribution >= 0.6 is 0 Å². The van der Waals surface area contributed by atoms with Gasteiger partial charge in [0.1, 0.15) is 5.82 Å². The molecule has 0 aliphatic carbocycles. The summed E-state index contributed by atoms with van der Waals surface area (Å²) in [7, 11) is 0. The lowest BCUT2D eigenvalue weighted by Gasteiger charge is -2.36. The Kier molecular flexibility index (Phi) is 4.20. The van der Waals surface area contributed by atoms with Crippen LogP contribution in [0.5, 0.6) is 0 Å². The summed E-state index contributed by atoms with van der Waals surface area (Å²) in [5.74, 6) is -0.840. The minimum Gasteiger partial charge on any atom is -0.478 e. The lowest BCUT2D eigenvalue weighted by molar-refractivity contribution is 0.0690. The highest BCUT2D eigenvalue weighted by Gasteiger charge is 2.24. The minimum atomic E-state index is -1.06. The fourth-order valence-corrected chi connectivity index (χ4v) is 2.80. The monoisotopic (exact) mass is 265 g/mol. The number of halogens is 1. The molecule has 3 nitrogen and oxygen atoms in total. The van der Waals surface area contributed by atoms with Gasteiger partial charge in [-0.15, -0.1) is 0 Å². The van der Waals surface area contributed by atoms with Crippen molar-refractivity contribution in [1.29, 1.82) is 0 Å². The van der Waals surface area contributed by atoms with Crippen LogP contribution in [0.2, 0.25) is 0 Å². The van der Waals surface area contributed by atoms with Gasteiger partial charge in [0.05, 0.1) is 5.56 Å². The van der Waals surface area contributed by atoms with E-state index in [0.29, 0.717) is 18.2 Å². The Labute approximate surface area is 113 Å². The molecule has 104 valence electrons. The molecule has 4 heteroatoms. The first-order valence-electron chi connectivity index (χ1n) is 6.73. The summed E-state index contributed by atoms with van der Waals surface area (Å²) in [6.45, 7) is 5.96. The summed E-state index contributed by atoms with van der Waals surface area (Å²) < 4.78 is 13.1. The van der Waals surface area contributed by atoms with Crippen LogP contribution in [0, 0.1) is 11.7 Å². The van der Waals surface area contributed by atoms with Crippen molar-refractivity contribution >= 4 is 5.97 Å². The number of benzene rings is 1. The van der Waals surface area contributed by atoms with Crippen molar-refractivity contribution in [2.24, 2.45) is 5.92 Å². The third kappa shape index (κ3) is 3.32. The summed E-state index contributed by atoms with van der Waals surface area (Å²) >= 11 is 0. The molecular weight excluding hydrogens is 245 g/mol. The Morgan fingerprint density at radius 2 is 2.21 bits per heavy atom. The molecule has 1 aromatic rings. The first-order valence-corrected chi connectivity index (χ1v) is 6.73. The van der Waals surface area contributed by atoms with Crippen LogP contribution in [0.15, 0.2) is 18.2 Å². The number of hydrogen-bond acceptors (Lipinski definition) is 2. The lowest BCUT2D eigenvalue weighted by Crippen LogP contribution is -2.39. The highest BCUT2D eigenvalue weighted by Crippen LogP contribution is 2.25. The Hall–Kier alpha value is -1.42. The van der Waals surface area contributed by atoms with Crippen LogP contribution < -0.4 is 0 Å². The Bertz CT molecular complexity index is 475. The second kappa shape index (κ2) is 5.70. The fraction of sp³-hybridized carbons (Fsp3) is 0.533. The van der Waals surface area contributed by atoms with E-state index >= 15 is 0 Å². The number of nitrogens with zero attached hydrogens (tertiary/aromatic N) is 1. The van der Waals surface area contributed by atoms with Crippen LogP contribution in [-0.2, 0) is 6.54 Å². The number of carboxylic acid groups (broad SMARTS) is 1. The number of aromatic carboxylic acids is 1. The number of piperidine rings is 1. The normalized spacial score (nSPS) is 24.4. The molecule has 0 spiro atoms. The van der Waals surface area contributed by atoms with Gasteiger partial charge in [0.15, 0.2) is 0 Å². The fourth-order valence-electron chi connectivity index (χ4n) is 2.80. The van der Waals surface area contributed by atoms with Crippen molar-refractivity contribution in [2.45, 2.75) is 39.3 Å². The van der Waals surface area contributed by atoms with Crippen LogP contribution in [0.1, 0.15) is 42.6 Å². The van der Waals surface area contributed by atoms with Gasteiger partial charge in [0.2, 0.25) is 0 Å². The van der Waals surface area contributed by atoms with Crippen LogP contribution in [0.4, 0.5) is 4.39 Å². The van der Waals surface area contributed by atoms with Gasteiger partial charge in [-0.3, -0.25) is 4.90 Å². The van der Waals surface area contributed by atoms with Gasteiger partial charge >= 0.3 is 5.97 Å². The zero-order valence-electron chi connectivity index (χ0n) is 11.4. The van der Waals surface area contributed by atoms with Crippen LogP contribution in [0.3, 0.4) is 0 Å². The van der Waals surface area contributed by atoms with Gasteiger partial charge in [0, 0.05) is 12.6 Å². The SMILES string of the molecule is C[C@@H]1CCN(Cc2ccc(F)cc2C(=O)O)[C@H](C)C1. The van der Waals surface area contributed by atoms with Gasteiger partial charge in [-0.1, -0.05) is 13.0 Å². The molecule has 2 rings (SSSR count). The molecule has 1 aromatic carbocycles. The zero-order valence-corrected chi connectivity index (χ0v) is 11.4. The summed E-state index contributed by atoms with van der Waals surface area (Å²) in [6, 6.07) is 4.47. The lowest BCUT2D eigenvalue weighted by atomic mass is 9.92. The first-order chi connectivity index (χ1) is 8.97. The van der Waals surface area contributed by atoms with Crippen molar-refractivity contribution in [3.63, 3.8) is 0 Å². The molecule has 0 unspecified atom stereocenters. The Balaban J connectivity index is 2.17. The number of hydrogen-bond donors (Lipinski definition) is 1. The smallest absolute Gasteiger partial charge is 0.336 e. The molecule has 0 radical (unpaired) electrons. The highest BCUT2D eigenvalue weighted by atomic mass is 19.1. The van der Waals surface area contributed by atoms with E-state index in [0.717, 1.165) is 31.4 Å². The number of likely N-dealkylation sites (tertiary alicyclic amines) is 1. The molecule has 0 bridgehead atoms. The summed E-state index contributed by atoms with van der Waals surface area (Å²) in [5, 5.41) is 9.14. The molecule has 1 heterocycles. The molecule has 1 N–H and O–H groups in total. The predicted octanol–water partition coefficient (Wildman–Crippen LogP) is 3.14. The molecule has 1 fully saturated rings. The molecule has 2 atom stereocenters. The topological polar surface area (TPSA) is 40.5 Å². The number of carboxylic acids is 1. The van der Waals surface area contributed by atoms with Crippen LogP contribution in [0.25, 0.3) is 0 Å². The number of carbonyl (C=O) groups is 1. The largest absolute Gasteiger partial charge is 0.478 e. The second-order valence-corrected chi connectivity index (χ2v) is 5.56. The van der Waals surface area contributed by atoms with E-state index in [-0.39, 0.29) is 5.56 Å². The summed E-state index contributed by atoms with van der Waals surface area (Å²) in [6.07, 6.45) is 2.26. The summed E-state index contributed by atoms with van der Waals surface area (Å²) in [5.41, 5.74) is 0.765. The van der Waals surface area contributed by atoms with Crippen molar-refractivity contribution in [1.82, 2.24) is 4.90 Å². The molecule has 1 saturated heterocycles. The maximum atomic E-state index is 13.1. The molecule has 0 amide bonds. The van der Waals surface area contributed by atoms with Crippen molar-refractivity contribution < 1.29 is 14.3 Å². The molecule has 0 saturated carbocycles. The average Bonchev–Trinajstić information content (AvgIpc) is 2.34. The van der Waals surface area contributed by atoms with E-state index in [2.05, 4.69) is 18.7 Å². The summed E-state index contributed by atoms with van der Waals surface area (Å²) in [4.78, 5) is 13.4. The molecule has 1 aliphatic heterocycles. The quantitative estimate of drug-likeness (QED) is 0.912. The molecular formula is C15H20FNO2. The van der Waals surface area contributed by atoms with Crippen molar-refractivity contribution in [3.05, 3.63) is 35.1 Å². The maximum absolute atomic E-state index is 13.1. The maximum Gasteiger partial charge on any atom is 0.336 e. The van der Waals surface area contributed by atoms with E-state index in [1.54, 1.807) is 6.07 Å². The van der Waals surface area contributed by atoms with E-state index in [1.165, 1.54) is 6.07 Å². The third-order valence-electron chi connectivity index (χ3n) is 3.95. The van der Waals surface area contributed by atoms with Crippen molar-refractivity contribution in [2.75, 3.05) is 6.54 Å². The van der Waals surface area contributed by atoms with Crippen LogP contribution in [-0.4, -0.2) is 28.6 Å². The van der Waals surface area contributed by atoms with E-state index in [4.69, 9.17) is 5.11 Å². The third-order valence-corrected chi connectivity index (χ3v) is 3.95. The number of rotatable bonds is 3. The minimum absolute atomic E-state index is 0.0748. The Morgan fingerprint density at radius 3 is 2.84 bits per heavy atom. The predicted molar refractivity (Wildman–Crippen MR) is 71.6 cm³/mol.